The summed E-state index contributed by atoms with van der Waals surface area (Å²) in [4.78, 5) is 17.1. The van der Waals surface area contributed by atoms with Gasteiger partial charge in [-0.25, -0.2) is 4.79 Å². The van der Waals surface area contributed by atoms with Gasteiger partial charge in [-0.2, -0.15) is 0 Å². The first-order valence-electron chi connectivity index (χ1n) is 10.0. The molecule has 4 atom stereocenters. The van der Waals surface area contributed by atoms with Gasteiger partial charge in [0.1, 0.15) is 0 Å². The fraction of sp³-hybridized carbons (Fsp3) is 0.947. The molecule has 2 amide bonds. The Bertz CT molecular complexity index is 420. The number of piperidine rings is 4. The van der Waals surface area contributed by atoms with E-state index in [2.05, 4.69) is 27.4 Å². The Morgan fingerprint density at radius 2 is 1.92 bits per heavy atom. The molecular formula is C19H36N4O. The third-order valence-corrected chi connectivity index (χ3v) is 6.30. The number of hydrogen-bond donors (Lipinski definition) is 2. The van der Waals surface area contributed by atoms with Crippen LogP contribution < -0.4 is 10.6 Å². The number of carbonyl (C=O) groups is 1. The van der Waals surface area contributed by atoms with Crippen molar-refractivity contribution in [3.05, 3.63) is 0 Å². The van der Waals surface area contributed by atoms with E-state index in [9.17, 15) is 4.79 Å². The maximum Gasteiger partial charge on any atom is 0.315 e. The Balaban J connectivity index is 1.43. The van der Waals surface area contributed by atoms with Crippen molar-refractivity contribution in [1.29, 1.82) is 0 Å². The number of nitrogens with one attached hydrogen (secondary N) is 2. The monoisotopic (exact) mass is 336 g/mol. The SMILES string of the molecule is CC1CCN(CC2CN3CCC2CC3CNC(=O)NC(C)C)CC1. The quantitative estimate of drug-likeness (QED) is 0.809. The van der Waals surface area contributed by atoms with E-state index in [1.807, 2.05) is 13.8 Å². The average molecular weight is 337 g/mol. The number of hydrogen-bond acceptors (Lipinski definition) is 3. The number of amides is 2. The fourth-order valence-electron chi connectivity index (χ4n) is 4.77. The van der Waals surface area contributed by atoms with E-state index in [1.54, 1.807) is 0 Å². The Morgan fingerprint density at radius 3 is 2.54 bits per heavy atom. The van der Waals surface area contributed by atoms with Crippen molar-refractivity contribution < 1.29 is 4.79 Å². The molecule has 4 saturated heterocycles. The summed E-state index contributed by atoms with van der Waals surface area (Å²) in [6, 6.07) is 0.718. The maximum absolute atomic E-state index is 11.8. The minimum atomic E-state index is -0.0216. The molecule has 24 heavy (non-hydrogen) atoms. The van der Waals surface area contributed by atoms with Crippen molar-refractivity contribution in [2.75, 3.05) is 39.3 Å². The molecule has 4 unspecified atom stereocenters. The maximum atomic E-state index is 11.8. The molecule has 4 heterocycles. The fourth-order valence-corrected chi connectivity index (χ4v) is 4.77. The van der Waals surface area contributed by atoms with E-state index in [0.29, 0.717) is 6.04 Å². The second kappa shape index (κ2) is 8.05. The number of urea groups is 1. The van der Waals surface area contributed by atoms with Crippen LogP contribution in [0.15, 0.2) is 0 Å². The van der Waals surface area contributed by atoms with Gasteiger partial charge in [0, 0.05) is 31.7 Å². The van der Waals surface area contributed by atoms with E-state index < -0.39 is 0 Å². The van der Waals surface area contributed by atoms with Crippen molar-refractivity contribution in [3.63, 3.8) is 0 Å². The van der Waals surface area contributed by atoms with Crippen LogP contribution >= 0.6 is 0 Å². The number of rotatable bonds is 5. The van der Waals surface area contributed by atoms with Gasteiger partial charge >= 0.3 is 6.03 Å². The first-order chi connectivity index (χ1) is 11.5. The van der Waals surface area contributed by atoms with Crippen LogP contribution in [0.3, 0.4) is 0 Å². The van der Waals surface area contributed by atoms with Gasteiger partial charge in [0.05, 0.1) is 0 Å². The molecule has 4 aliphatic heterocycles. The highest BCUT2D eigenvalue weighted by molar-refractivity contribution is 5.74. The highest BCUT2D eigenvalue weighted by Crippen LogP contribution is 2.36. The lowest BCUT2D eigenvalue weighted by Crippen LogP contribution is -2.59. The molecule has 0 saturated carbocycles. The molecule has 0 spiro atoms. The molecule has 138 valence electrons. The Morgan fingerprint density at radius 1 is 1.17 bits per heavy atom. The minimum absolute atomic E-state index is 0.0216. The van der Waals surface area contributed by atoms with Crippen molar-refractivity contribution in [3.8, 4) is 0 Å². The van der Waals surface area contributed by atoms with Gasteiger partial charge in [0.2, 0.25) is 0 Å². The largest absolute Gasteiger partial charge is 0.337 e. The molecule has 5 nitrogen and oxygen atoms in total. The Kier molecular flexibility index (Phi) is 6.03. The van der Waals surface area contributed by atoms with Crippen LogP contribution in [-0.4, -0.2) is 67.2 Å². The smallest absolute Gasteiger partial charge is 0.315 e. The van der Waals surface area contributed by atoms with Crippen molar-refractivity contribution in [2.45, 2.75) is 58.5 Å². The predicted octanol–water partition coefficient (Wildman–Crippen LogP) is 2.14. The summed E-state index contributed by atoms with van der Waals surface area (Å²) in [6.07, 6.45) is 5.36. The molecule has 2 N–H and O–H groups in total. The summed E-state index contributed by atoms with van der Waals surface area (Å²) in [5, 5.41) is 5.99. The zero-order chi connectivity index (χ0) is 17.1. The van der Waals surface area contributed by atoms with Crippen LogP contribution in [0.2, 0.25) is 0 Å². The van der Waals surface area contributed by atoms with Gasteiger partial charge in [0.15, 0.2) is 0 Å². The van der Waals surface area contributed by atoms with Crippen LogP contribution in [0.5, 0.6) is 0 Å². The standard InChI is InChI=1S/C19H36N4O/c1-14(2)21-19(24)20-11-18-10-16-6-9-23(18)13-17(16)12-22-7-4-15(3)5-8-22/h14-18H,4-13H2,1-3H3,(H2,20,21,24). The molecule has 0 radical (unpaired) electrons. The lowest BCUT2D eigenvalue weighted by molar-refractivity contribution is -0.0144. The number of likely N-dealkylation sites (tertiary alicyclic amines) is 1. The zero-order valence-corrected chi connectivity index (χ0v) is 15.8. The van der Waals surface area contributed by atoms with Gasteiger partial charge < -0.3 is 15.5 Å². The third-order valence-electron chi connectivity index (χ3n) is 6.30. The summed E-state index contributed by atoms with van der Waals surface area (Å²) in [5.41, 5.74) is 0. The van der Waals surface area contributed by atoms with Gasteiger partial charge in [0.25, 0.3) is 0 Å². The second-order valence-corrected chi connectivity index (χ2v) is 8.69. The van der Waals surface area contributed by atoms with Gasteiger partial charge in [-0.05, 0) is 76.9 Å². The third kappa shape index (κ3) is 4.63. The van der Waals surface area contributed by atoms with E-state index in [1.165, 1.54) is 58.4 Å². The van der Waals surface area contributed by atoms with Crippen LogP contribution in [0.25, 0.3) is 0 Å². The molecule has 2 bridgehead atoms. The van der Waals surface area contributed by atoms with E-state index >= 15 is 0 Å². The predicted molar refractivity (Wildman–Crippen MR) is 98.1 cm³/mol. The molecular weight excluding hydrogens is 300 g/mol. The van der Waals surface area contributed by atoms with Crippen molar-refractivity contribution in [2.24, 2.45) is 17.8 Å². The summed E-state index contributed by atoms with van der Waals surface area (Å²) >= 11 is 0. The van der Waals surface area contributed by atoms with Crippen molar-refractivity contribution in [1.82, 2.24) is 20.4 Å². The minimum Gasteiger partial charge on any atom is -0.337 e. The molecule has 0 aromatic rings. The molecule has 0 aromatic heterocycles. The number of nitrogens with zero attached hydrogens (tertiary/aromatic N) is 2. The van der Waals surface area contributed by atoms with Crippen molar-refractivity contribution >= 4 is 6.03 Å². The molecule has 0 aliphatic carbocycles. The summed E-state index contributed by atoms with van der Waals surface area (Å²) in [7, 11) is 0. The molecule has 0 aromatic carbocycles. The molecule has 5 heteroatoms. The average Bonchev–Trinajstić information content (AvgIpc) is 2.55. The summed E-state index contributed by atoms with van der Waals surface area (Å²) in [5.74, 6) is 2.61. The normalized spacial score (nSPS) is 34.5. The Labute approximate surface area is 147 Å². The van der Waals surface area contributed by atoms with Crippen LogP contribution in [0.4, 0.5) is 4.79 Å². The molecule has 4 fully saturated rings. The Hall–Kier alpha value is -0.810. The first-order valence-corrected chi connectivity index (χ1v) is 10.0. The van der Waals surface area contributed by atoms with E-state index in [0.717, 1.165) is 24.3 Å². The lowest BCUT2D eigenvalue weighted by Gasteiger charge is -2.51. The van der Waals surface area contributed by atoms with Gasteiger partial charge in [-0.1, -0.05) is 6.92 Å². The van der Waals surface area contributed by atoms with Gasteiger partial charge in [-0.3, -0.25) is 4.90 Å². The van der Waals surface area contributed by atoms with Crippen LogP contribution in [0.1, 0.15) is 46.5 Å². The second-order valence-electron chi connectivity index (χ2n) is 8.69. The van der Waals surface area contributed by atoms with E-state index in [-0.39, 0.29) is 12.1 Å². The number of fused-ring (bicyclic) bond motifs is 3. The first kappa shape index (κ1) is 18.0. The summed E-state index contributed by atoms with van der Waals surface area (Å²) < 4.78 is 0. The molecule has 4 aliphatic rings. The highest BCUT2D eigenvalue weighted by Gasteiger charge is 2.40. The van der Waals surface area contributed by atoms with Crippen LogP contribution in [-0.2, 0) is 0 Å². The zero-order valence-electron chi connectivity index (χ0n) is 15.8. The highest BCUT2D eigenvalue weighted by atomic mass is 16.2. The van der Waals surface area contributed by atoms with E-state index in [4.69, 9.17) is 0 Å². The lowest BCUT2D eigenvalue weighted by atomic mass is 9.75. The molecule has 4 rings (SSSR count). The summed E-state index contributed by atoms with van der Waals surface area (Å²) in [6.45, 7) is 13.5. The van der Waals surface area contributed by atoms with Crippen LogP contribution in [0, 0.1) is 17.8 Å². The van der Waals surface area contributed by atoms with Gasteiger partial charge in [-0.15, -0.1) is 0 Å². The topological polar surface area (TPSA) is 47.6 Å². The number of carbonyl (C=O) groups excluding carboxylic acids is 1.